The third kappa shape index (κ3) is 4.67. The maximum Gasteiger partial charge on any atom is 0.301 e. The van der Waals surface area contributed by atoms with Crippen LogP contribution >= 0.6 is 0 Å². The van der Waals surface area contributed by atoms with Crippen molar-refractivity contribution in [2.75, 3.05) is 6.44 Å². The van der Waals surface area contributed by atoms with E-state index in [2.05, 4.69) is 10.2 Å². The minimum Gasteiger partial charge on any atom is -0.390 e. The van der Waals surface area contributed by atoms with E-state index in [-0.39, 0.29) is 35.4 Å². The molecule has 7 unspecified atom stereocenters. The SMILES string of the molecule is O=BCN[C@H](C(=O)O)C12CC3CC(CC(O)(C3)C1)C2.[C-]#[N+]C1CC2CC2N1C(=O)[C@@H](N)C12CC3CC(CC(O)(C3)C1)C2. The van der Waals surface area contributed by atoms with Gasteiger partial charge in [0.05, 0.1) is 11.6 Å². The zero-order chi connectivity index (χ0) is 29.7. The molecule has 228 valence electrons. The van der Waals surface area contributed by atoms with Crippen LogP contribution in [-0.4, -0.2) is 81.2 Å². The summed E-state index contributed by atoms with van der Waals surface area (Å²) in [5.41, 5.74) is 4.70. The van der Waals surface area contributed by atoms with E-state index in [1.807, 2.05) is 4.90 Å². The molecule has 0 radical (unpaired) electrons. The maximum atomic E-state index is 13.1. The Balaban J connectivity index is 0.000000140. The summed E-state index contributed by atoms with van der Waals surface area (Å²) >= 11 is 0. The van der Waals surface area contributed by atoms with E-state index in [0.29, 0.717) is 49.6 Å². The molecular formula is C31H45BN4O6. The maximum absolute atomic E-state index is 13.1. The molecule has 9 aliphatic carbocycles. The summed E-state index contributed by atoms with van der Waals surface area (Å²) in [6.45, 7) is 7.38. The number of hydrogen-bond acceptors (Lipinski definition) is 7. The third-order valence-corrected chi connectivity index (χ3v) is 12.8. The molecule has 8 bridgehead atoms. The summed E-state index contributed by atoms with van der Waals surface area (Å²) < 4.78 is 10.5. The molecule has 6 N–H and O–H groups in total. The van der Waals surface area contributed by atoms with Gasteiger partial charge in [-0.15, -0.1) is 0 Å². The van der Waals surface area contributed by atoms with Crippen LogP contribution in [-0.2, 0) is 14.3 Å². The number of fused-ring (bicyclic) bond motifs is 1. The number of hydrogen-bond donors (Lipinski definition) is 5. The number of carboxylic acid groups (broad SMARTS) is 1. The Bertz CT molecular complexity index is 1180. The number of aliphatic carboxylic acids is 1. The summed E-state index contributed by atoms with van der Waals surface area (Å²) in [6, 6.07) is -0.983. The van der Waals surface area contributed by atoms with Crippen molar-refractivity contribution in [1.29, 1.82) is 0 Å². The van der Waals surface area contributed by atoms with Gasteiger partial charge >= 0.3 is 118 Å². The largest absolute Gasteiger partial charge is 0.390 e. The second-order valence-electron chi connectivity index (χ2n) is 16.1. The first-order valence-electron chi connectivity index (χ1n) is 16.2. The van der Waals surface area contributed by atoms with Crippen LogP contribution in [0.1, 0.15) is 89.9 Å². The van der Waals surface area contributed by atoms with Crippen LogP contribution in [0.2, 0.25) is 0 Å². The average molecular weight is 581 g/mol. The van der Waals surface area contributed by atoms with Gasteiger partial charge in [0, 0.05) is 12.5 Å². The van der Waals surface area contributed by atoms with Gasteiger partial charge in [-0.05, 0) is 68.1 Å². The van der Waals surface area contributed by atoms with Gasteiger partial charge in [-0.1, -0.05) is 0 Å². The van der Waals surface area contributed by atoms with E-state index >= 15 is 0 Å². The summed E-state index contributed by atoms with van der Waals surface area (Å²) in [5.74, 6) is 1.59. The number of carboxylic acids is 1. The number of nitrogens with one attached hydrogen (secondary N) is 1. The minimum absolute atomic E-state index is 0.0125. The molecule has 11 heteroatoms. The van der Waals surface area contributed by atoms with E-state index in [1.54, 1.807) is 0 Å². The van der Waals surface area contributed by atoms with Gasteiger partial charge in [0.15, 0.2) is 0 Å². The zero-order valence-electron chi connectivity index (χ0n) is 24.4. The van der Waals surface area contributed by atoms with Crippen LogP contribution in [0.5, 0.6) is 0 Å². The molecular weight excluding hydrogens is 535 g/mol. The Morgan fingerprint density at radius 1 is 0.905 bits per heavy atom. The van der Waals surface area contributed by atoms with E-state index < -0.39 is 29.3 Å². The van der Waals surface area contributed by atoms with Crippen molar-refractivity contribution in [1.82, 2.24) is 10.2 Å². The van der Waals surface area contributed by atoms with Crippen LogP contribution in [0.4, 0.5) is 0 Å². The number of rotatable bonds is 7. The zero-order valence-corrected chi connectivity index (χ0v) is 24.4. The standard InChI is InChI=1S/C18H25N3O2.C13H20BNO4/c1-20-14-4-12-3-13(12)21(14)16(22)15(19)17-5-10-2-11(6-17)8-18(23,7-10)9-17;16-11(17)10(15-7-14-19)12-2-8-1-9(3-12)5-13(18,4-8)6-12/h10-15,23H,2-9,19H2;8-10,15,18H,1-7H2,(H,16,17)/t10?,11?,12?,13?,14?,15-,17?,18?;8?,9?,10-,12?,13?/m11/s1. The average Bonchev–Trinajstić information content (AvgIpc) is 3.54. The van der Waals surface area contributed by atoms with E-state index in [4.69, 9.17) is 12.3 Å². The van der Waals surface area contributed by atoms with Gasteiger partial charge in [-0.3, -0.25) is 14.5 Å². The monoisotopic (exact) mass is 580 g/mol. The summed E-state index contributed by atoms with van der Waals surface area (Å²) in [7, 11) is 0.700. The van der Waals surface area contributed by atoms with E-state index in [9.17, 15) is 29.6 Å². The van der Waals surface area contributed by atoms with Gasteiger partial charge in [0.2, 0.25) is 5.91 Å². The Morgan fingerprint density at radius 2 is 1.43 bits per heavy atom. The molecule has 10 fully saturated rings. The molecule has 1 aliphatic heterocycles. The molecule has 9 saturated carbocycles. The van der Waals surface area contributed by atoms with Crippen LogP contribution in [0, 0.1) is 47.0 Å². The quantitative estimate of drug-likeness (QED) is 0.226. The van der Waals surface area contributed by atoms with Gasteiger partial charge < -0.3 is 10.8 Å². The van der Waals surface area contributed by atoms with Crippen molar-refractivity contribution in [2.45, 2.75) is 125 Å². The Morgan fingerprint density at radius 3 is 1.90 bits per heavy atom. The molecule has 0 aromatic rings. The number of aliphatic hydroxyl groups is 2. The van der Waals surface area contributed by atoms with Crippen LogP contribution in [0.15, 0.2) is 0 Å². The van der Waals surface area contributed by atoms with Crippen molar-refractivity contribution in [2.24, 2.45) is 46.2 Å². The number of carbonyl (C=O) groups excluding carboxylic acids is 1. The van der Waals surface area contributed by atoms with Crippen molar-refractivity contribution in [3.63, 3.8) is 0 Å². The first kappa shape index (κ1) is 28.9. The van der Waals surface area contributed by atoms with Crippen LogP contribution < -0.4 is 11.1 Å². The number of likely N-dealkylation sites (tertiary alicyclic amines) is 1. The normalized spacial score (nSPS) is 49.8. The smallest absolute Gasteiger partial charge is 0.301 e. The second-order valence-corrected chi connectivity index (χ2v) is 16.1. The molecule has 42 heavy (non-hydrogen) atoms. The molecule has 0 spiro atoms. The fraction of sp³-hybridized carbons (Fsp3) is 0.903. The van der Waals surface area contributed by atoms with E-state index in [0.717, 1.165) is 70.6 Å². The fourth-order valence-electron chi connectivity index (χ4n) is 12.3. The van der Waals surface area contributed by atoms with Crippen LogP contribution in [0.3, 0.4) is 0 Å². The predicted octanol–water partition coefficient (Wildman–Crippen LogP) is 1.88. The number of amides is 1. The molecule has 10 nitrogen and oxygen atoms in total. The Hall–Kier alpha value is -1.87. The molecule has 0 aromatic heterocycles. The molecule has 10 aliphatic rings. The predicted molar refractivity (Wildman–Crippen MR) is 152 cm³/mol. The Labute approximate surface area is 248 Å². The number of piperidine rings is 1. The first-order valence-corrected chi connectivity index (χ1v) is 16.2. The summed E-state index contributed by atoms with van der Waals surface area (Å²) in [4.78, 5) is 30.2. The third-order valence-electron chi connectivity index (χ3n) is 12.8. The van der Waals surface area contributed by atoms with Crippen molar-refractivity contribution >= 4 is 19.0 Å². The van der Waals surface area contributed by atoms with Crippen molar-refractivity contribution in [3.8, 4) is 0 Å². The molecule has 1 saturated heterocycles. The minimum atomic E-state index is -0.896. The van der Waals surface area contributed by atoms with E-state index in [1.165, 1.54) is 6.42 Å². The second kappa shape index (κ2) is 9.82. The topological polar surface area (TPSA) is 158 Å². The molecule has 9 atom stereocenters. The number of nitrogens with zero attached hydrogens (tertiary/aromatic N) is 2. The van der Waals surface area contributed by atoms with Gasteiger partial charge in [-0.2, -0.15) is 0 Å². The van der Waals surface area contributed by atoms with Gasteiger partial charge in [-0.25, -0.2) is 6.57 Å². The van der Waals surface area contributed by atoms with Gasteiger partial charge in [0.1, 0.15) is 0 Å². The first-order chi connectivity index (χ1) is 19.9. The molecule has 1 amide bonds. The van der Waals surface area contributed by atoms with Crippen molar-refractivity contribution < 1.29 is 29.6 Å². The van der Waals surface area contributed by atoms with Crippen LogP contribution in [0.25, 0.3) is 4.85 Å². The molecule has 10 rings (SSSR count). The number of carbonyl (C=O) groups is 2. The number of nitrogens with two attached hydrogens (primary N) is 1. The van der Waals surface area contributed by atoms with Gasteiger partial charge in [0.25, 0.3) is 0 Å². The van der Waals surface area contributed by atoms with Crippen molar-refractivity contribution in [3.05, 3.63) is 11.4 Å². The molecule has 0 aromatic carbocycles. The summed E-state index contributed by atoms with van der Waals surface area (Å²) in [5, 5.41) is 33.9. The fourth-order valence-corrected chi connectivity index (χ4v) is 12.3. The molecule has 1 heterocycles. The summed E-state index contributed by atoms with van der Waals surface area (Å²) in [6.07, 6.45) is 12.4. The Kier molecular flexibility index (Phi) is 6.75.